The highest BCUT2D eigenvalue weighted by Crippen LogP contribution is 2.27. The van der Waals surface area contributed by atoms with Crippen LogP contribution in [-0.4, -0.2) is 14.9 Å². The largest absolute Gasteiger partial charge is 0.387 e. The number of hydrogen-bond acceptors (Lipinski definition) is 5. The highest BCUT2D eigenvalue weighted by atomic mass is 35.5. The lowest BCUT2D eigenvalue weighted by atomic mass is 10.3. The molecule has 0 aliphatic carbocycles. The van der Waals surface area contributed by atoms with Gasteiger partial charge in [0.05, 0.1) is 5.69 Å². The number of rotatable bonds is 3. The van der Waals surface area contributed by atoms with Crippen molar-refractivity contribution < 1.29 is 4.92 Å². The molecule has 0 spiro atoms. The van der Waals surface area contributed by atoms with Gasteiger partial charge in [0.2, 0.25) is 0 Å². The fraction of sp³-hybridized carbons (Fsp3) is 0. The van der Waals surface area contributed by atoms with Gasteiger partial charge in [-0.15, -0.1) is 0 Å². The Morgan fingerprint density at radius 1 is 1.18 bits per heavy atom. The van der Waals surface area contributed by atoms with E-state index in [0.29, 0.717) is 5.69 Å². The van der Waals surface area contributed by atoms with E-state index in [1.165, 1.54) is 12.4 Å². The summed E-state index contributed by atoms with van der Waals surface area (Å²) < 4.78 is 0. The molecular formula is C10H7ClN4O2. The van der Waals surface area contributed by atoms with Crippen LogP contribution in [0.1, 0.15) is 0 Å². The zero-order valence-electron chi connectivity index (χ0n) is 8.50. The molecule has 0 saturated carbocycles. The second kappa shape index (κ2) is 4.75. The van der Waals surface area contributed by atoms with E-state index in [1.807, 2.05) is 0 Å². The van der Waals surface area contributed by atoms with Crippen molar-refractivity contribution in [2.45, 2.75) is 0 Å². The molecule has 0 radical (unpaired) electrons. The monoisotopic (exact) mass is 250 g/mol. The maximum atomic E-state index is 10.8. The molecule has 0 saturated heterocycles. The van der Waals surface area contributed by atoms with E-state index in [0.717, 1.165) is 0 Å². The van der Waals surface area contributed by atoms with E-state index in [2.05, 4.69) is 15.3 Å². The minimum atomic E-state index is -0.563. The number of pyridine rings is 2. The Morgan fingerprint density at radius 2 is 1.82 bits per heavy atom. The highest BCUT2D eigenvalue weighted by molar-refractivity contribution is 6.32. The average molecular weight is 251 g/mol. The summed E-state index contributed by atoms with van der Waals surface area (Å²) in [4.78, 5) is 17.7. The average Bonchev–Trinajstić information content (AvgIpc) is 2.32. The highest BCUT2D eigenvalue weighted by Gasteiger charge is 2.14. The van der Waals surface area contributed by atoms with Crippen LogP contribution in [-0.2, 0) is 0 Å². The summed E-state index contributed by atoms with van der Waals surface area (Å²) in [5.41, 5.74) is 0.762. The van der Waals surface area contributed by atoms with Gasteiger partial charge in [-0.05, 0) is 34.2 Å². The van der Waals surface area contributed by atoms with Crippen LogP contribution in [0.4, 0.5) is 17.2 Å². The molecule has 86 valence electrons. The van der Waals surface area contributed by atoms with Crippen LogP contribution in [0.5, 0.6) is 0 Å². The SMILES string of the molecule is O=[N+]([O-])c1ncccc1Nc1cccnc1Cl. The van der Waals surface area contributed by atoms with Crippen LogP contribution >= 0.6 is 11.6 Å². The fourth-order valence-corrected chi connectivity index (χ4v) is 1.43. The summed E-state index contributed by atoms with van der Waals surface area (Å²) in [5, 5.41) is 13.8. The van der Waals surface area contributed by atoms with Crippen LogP contribution < -0.4 is 5.32 Å². The Morgan fingerprint density at radius 3 is 2.47 bits per heavy atom. The first-order valence-corrected chi connectivity index (χ1v) is 5.03. The van der Waals surface area contributed by atoms with E-state index in [1.54, 1.807) is 24.3 Å². The minimum Gasteiger partial charge on any atom is -0.358 e. The zero-order valence-corrected chi connectivity index (χ0v) is 9.26. The summed E-state index contributed by atoms with van der Waals surface area (Å²) in [6, 6.07) is 6.50. The third-order valence-corrected chi connectivity index (χ3v) is 2.29. The van der Waals surface area contributed by atoms with Crippen LogP contribution in [0.25, 0.3) is 0 Å². The van der Waals surface area contributed by atoms with Crippen LogP contribution in [0.2, 0.25) is 5.15 Å². The molecule has 2 aromatic rings. The molecule has 0 aliphatic heterocycles. The number of nitrogens with zero attached hydrogens (tertiary/aromatic N) is 3. The van der Waals surface area contributed by atoms with Crippen molar-refractivity contribution in [1.29, 1.82) is 0 Å². The van der Waals surface area contributed by atoms with Crippen molar-refractivity contribution >= 4 is 28.8 Å². The lowest BCUT2D eigenvalue weighted by molar-refractivity contribution is -0.388. The van der Waals surface area contributed by atoms with Gasteiger partial charge in [0.1, 0.15) is 11.9 Å². The molecule has 6 nitrogen and oxygen atoms in total. The Kier molecular flexibility index (Phi) is 3.15. The number of nitro groups is 1. The Hall–Kier alpha value is -2.21. The Bertz CT molecular complexity index is 562. The van der Waals surface area contributed by atoms with E-state index in [4.69, 9.17) is 11.6 Å². The molecule has 0 unspecified atom stereocenters. The van der Waals surface area contributed by atoms with Gasteiger partial charge in [-0.1, -0.05) is 11.6 Å². The molecule has 2 aromatic heterocycles. The lowest BCUT2D eigenvalue weighted by Gasteiger charge is -2.06. The summed E-state index contributed by atoms with van der Waals surface area (Å²) in [7, 11) is 0. The van der Waals surface area contributed by atoms with Crippen molar-refractivity contribution in [2.75, 3.05) is 5.32 Å². The predicted molar refractivity (Wildman–Crippen MR) is 63.4 cm³/mol. The molecule has 0 aliphatic rings. The van der Waals surface area contributed by atoms with Crippen molar-refractivity contribution in [3.05, 3.63) is 51.9 Å². The molecule has 2 rings (SSSR count). The van der Waals surface area contributed by atoms with Gasteiger partial charge in [0, 0.05) is 6.20 Å². The molecule has 0 bridgehead atoms. The molecular weight excluding hydrogens is 244 g/mol. The first-order valence-electron chi connectivity index (χ1n) is 4.65. The first-order chi connectivity index (χ1) is 8.18. The van der Waals surface area contributed by atoms with Gasteiger partial charge in [0.15, 0.2) is 5.15 Å². The molecule has 0 fully saturated rings. The summed E-state index contributed by atoms with van der Waals surface area (Å²) in [6.07, 6.45) is 2.89. The number of anilines is 2. The molecule has 0 atom stereocenters. The molecule has 17 heavy (non-hydrogen) atoms. The third kappa shape index (κ3) is 2.48. The minimum absolute atomic E-state index is 0.241. The van der Waals surface area contributed by atoms with E-state index >= 15 is 0 Å². The maximum Gasteiger partial charge on any atom is 0.387 e. The maximum absolute atomic E-state index is 10.8. The van der Waals surface area contributed by atoms with Gasteiger partial charge in [0.25, 0.3) is 0 Å². The lowest BCUT2D eigenvalue weighted by Crippen LogP contribution is -1.99. The second-order valence-corrected chi connectivity index (χ2v) is 3.46. The first kappa shape index (κ1) is 11.3. The van der Waals surface area contributed by atoms with E-state index in [9.17, 15) is 10.1 Å². The summed E-state index contributed by atoms with van der Waals surface area (Å²) in [5.74, 6) is -0.257. The fourth-order valence-electron chi connectivity index (χ4n) is 1.26. The topological polar surface area (TPSA) is 81.0 Å². The summed E-state index contributed by atoms with van der Waals surface area (Å²) in [6.45, 7) is 0. The predicted octanol–water partition coefficient (Wildman–Crippen LogP) is 2.78. The molecule has 7 heteroatoms. The standard InChI is InChI=1S/C10H7ClN4O2/c11-9-7(3-1-5-12-9)14-8-4-2-6-13-10(8)15(16)17/h1-6,14H. The summed E-state index contributed by atoms with van der Waals surface area (Å²) >= 11 is 5.84. The zero-order chi connectivity index (χ0) is 12.3. The Labute approximate surface area is 101 Å². The Balaban J connectivity index is 2.37. The van der Waals surface area contributed by atoms with Crippen LogP contribution in [0.15, 0.2) is 36.7 Å². The number of aromatic nitrogens is 2. The molecule has 0 amide bonds. The van der Waals surface area contributed by atoms with Crippen molar-refractivity contribution in [2.24, 2.45) is 0 Å². The molecule has 1 N–H and O–H groups in total. The van der Waals surface area contributed by atoms with Crippen molar-refractivity contribution in [1.82, 2.24) is 9.97 Å². The van der Waals surface area contributed by atoms with Gasteiger partial charge in [-0.25, -0.2) is 4.98 Å². The molecule has 0 aromatic carbocycles. The number of halogens is 1. The second-order valence-electron chi connectivity index (χ2n) is 3.10. The van der Waals surface area contributed by atoms with E-state index in [-0.39, 0.29) is 16.7 Å². The van der Waals surface area contributed by atoms with Crippen molar-refractivity contribution in [3.63, 3.8) is 0 Å². The normalized spacial score (nSPS) is 9.94. The van der Waals surface area contributed by atoms with Gasteiger partial charge in [-0.3, -0.25) is 0 Å². The van der Waals surface area contributed by atoms with E-state index < -0.39 is 4.92 Å². The quantitative estimate of drug-likeness (QED) is 0.515. The van der Waals surface area contributed by atoms with Gasteiger partial charge >= 0.3 is 5.82 Å². The van der Waals surface area contributed by atoms with Gasteiger partial charge < -0.3 is 15.4 Å². The van der Waals surface area contributed by atoms with Crippen LogP contribution in [0, 0.1) is 10.1 Å². The third-order valence-electron chi connectivity index (χ3n) is 1.99. The van der Waals surface area contributed by atoms with Crippen molar-refractivity contribution in [3.8, 4) is 0 Å². The molecule has 2 heterocycles. The smallest absolute Gasteiger partial charge is 0.358 e. The van der Waals surface area contributed by atoms with Gasteiger partial charge in [-0.2, -0.15) is 0 Å². The van der Waals surface area contributed by atoms with Crippen LogP contribution in [0.3, 0.4) is 0 Å². The number of hydrogen-bond donors (Lipinski definition) is 1. The number of nitrogens with one attached hydrogen (secondary N) is 1.